The third-order valence-corrected chi connectivity index (χ3v) is 8.69. The van der Waals surface area contributed by atoms with E-state index in [2.05, 4.69) is 31.9 Å². The van der Waals surface area contributed by atoms with Crippen molar-refractivity contribution in [1.82, 2.24) is 5.32 Å². The molecule has 8 N–H and O–H groups in total. The predicted molar refractivity (Wildman–Crippen MR) is 242 cm³/mol. The Morgan fingerprint density at radius 2 is 0.825 bits per heavy atom. The molecule has 0 radical (unpaired) electrons. The molecule has 0 spiro atoms. The third kappa shape index (κ3) is 20.8. The summed E-state index contributed by atoms with van der Waals surface area (Å²) in [5, 5.41) is 16.5. The van der Waals surface area contributed by atoms with Crippen LogP contribution in [0.3, 0.4) is 0 Å². The number of nitrogens with one attached hydrogen (secondary N) is 6. The number of hydrogen-bond acceptors (Lipinski definition) is 11. The topological polar surface area (TPSA) is 245 Å². The smallest absolute Gasteiger partial charge is 0.412 e. The van der Waals surface area contributed by atoms with E-state index in [-0.39, 0.29) is 57.3 Å². The zero-order valence-electron chi connectivity index (χ0n) is 37.7. The molecule has 6 amide bonds. The molecule has 17 nitrogen and oxygen atoms in total. The molecule has 0 aromatic heterocycles. The monoisotopic (exact) mass is 873 g/mol. The van der Waals surface area contributed by atoms with Crippen molar-refractivity contribution in [3.8, 4) is 0 Å². The zero-order valence-corrected chi connectivity index (χ0v) is 37.7. The van der Waals surface area contributed by atoms with Crippen molar-refractivity contribution >= 4 is 70.2 Å². The van der Waals surface area contributed by atoms with E-state index in [1.165, 1.54) is 0 Å². The highest BCUT2D eigenvalue weighted by Crippen LogP contribution is 2.28. The first-order valence-electron chi connectivity index (χ1n) is 20.7. The number of ether oxygens (including phenoxy) is 3. The molecule has 63 heavy (non-hydrogen) atoms. The molecule has 0 heterocycles. The molecular formula is C46H63N7O10. The highest BCUT2D eigenvalue weighted by molar-refractivity contribution is 5.94. The summed E-state index contributed by atoms with van der Waals surface area (Å²) < 4.78 is 16.0. The maximum absolute atomic E-state index is 13.6. The maximum atomic E-state index is 13.6. The average Bonchev–Trinajstić information content (AvgIpc) is 3.13. The summed E-state index contributed by atoms with van der Waals surface area (Å²) in [7, 11) is 0. The van der Waals surface area contributed by atoms with Crippen LogP contribution < -0.4 is 37.6 Å². The van der Waals surface area contributed by atoms with Gasteiger partial charge in [-0.3, -0.25) is 35.1 Å². The SMILES string of the molecule is CC(C)(C)OC(=O)Nc1cccc(CC(=O)CCC(CCC(=O)Nc2cccc(NC(=O)OC(C)(C)C)c2)(CCC(=O)Nc2cccc(NC(=O)OC(C)(C)C)c2)NC(=O)CN)c1. The second-order valence-electron chi connectivity index (χ2n) is 18.1. The van der Waals surface area contributed by atoms with Gasteiger partial charge in [-0.1, -0.05) is 24.3 Å². The lowest BCUT2D eigenvalue weighted by Gasteiger charge is -2.35. The Bertz CT molecular complexity index is 1880. The van der Waals surface area contributed by atoms with Crippen LogP contribution in [-0.4, -0.2) is 70.7 Å². The number of carbonyl (C=O) groups excluding carboxylic acids is 7. The molecule has 0 saturated heterocycles. The van der Waals surface area contributed by atoms with E-state index >= 15 is 0 Å². The number of Topliss-reactive ketones (excluding diaryl/α,β-unsaturated/α-hetero) is 1. The van der Waals surface area contributed by atoms with E-state index in [4.69, 9.17) is 19.9 Å². The van der Waals surface area contributed by atoms with Crippen LogP contribution >= 0.6 is 0 Å². The van der Waals surface area contributed by atoms with Gasteiger partial charge in [-0.2, -0.15) is 0 Å². The van der Waals surface area contributed by atoms with Gasteiger partial charge < -0.3 is 35.9 Å². The molecule has 0 fully saturated rings. The van der Waals surface area contributed by atoms with Crippen LogP contribution in [0.4, 0.5) is 42.8 Å². The van der Waals surface area contributed by atoms with Gasteiger partial charge in [0, 0.05) is 59.7 Å². The van der Waals surface area contributed by atoms with Crippen LogP contribution in [0.25, 0.3) is 0 Å². The minimum Gasteiger partial charge on any atom is -0.444 e. The van der Waals surface area contributed by atoms with Gasteiger partial charge in [0.15, 0.2) is 0 Å². The molecule has 0 unspecified atom stereocenters. The number of rotatable bonds is 18. The van der Waals surface area contributed by atoms with Crippen LogP contribution in [0.15, 0.2) is 72.8 Å². The highest BCUT2D eigenvalue weighted by Gasteiger charge is 2.34. The summed E-state index contributed by atoms with van der Waals surface area (Å²) >= 11 is 0. The van der Waals surface area contributed by atoms with E-state index in [0.717, 1.165) is 0 Å². The first-order valence-corrected chi connectivity index (χ1v) is 20.7. The lowest BCUT2D eigenvalue weighted by Crippen LogP contribution is -2.51. The molecule has 0 aliphatic rings. The number of hydrogen-bond donors (Lipinski definition) is 7. The number of anilines is 5. The minimum atomic E-state index is -1.25. The van der Waals surface area contributed by atoms with Crippen molar-refractivity contribution in [2.75, 3.05) is 33.1 Å². The summed E-state index contributed by atoms with van der Waals surface area (Å²) in [4.78, 5) is 90.6. The molecule has 0 aliphatic heterocycles. The minimum absolute atomic E-state index is 0.00688. The molecule has 3 aromatic carbocycles. The van der Waals surface area contributed by atoms with Crippen molar-refractivity contribution in [2.45, 2.75) is 130 Å². The number of amides is 6. The van der Waals surface area contributed by atoms with Crippen LogP contribution in [-0.2, 0) is 39.8 Å². The van der Waals surface area contributed by atoms with E-state index in [9.17, 15) is 33.6 Å². The van der Waals surface area contributed by atoms with Gasteiger partial charge in [0.1, 0.15) is 22.6 Å². The second-order valence-corrected chi connectivity index (χ2v) is 18.1. The number of ketones is 1. The zero-order chi connectivity index (χ0) is 47.0. The Balaban J connectivity index is 1.81. The molecule has 3 rings (SSSR count). The molecule has 0 atom stereocenters. The lowest BCUT2D eigenvalue weighted by molar-refractivity contribution is -0.124. The quantitative estimate of drug-likeness (QED) is 0.0600. The van der Waals surface area contributed by atoms with Gasteiger partial charge in [0.05, 0.1) is 6.54 Å². The fourth-order valence-electron chi connectivity index (χ4n) is 6.13. The summed E-state index contributed by atoms with van der Waals surface area (Å²) in [6.07, 6.45) is -2.21. The van der Waals surface area contributed by atoms with Crippen LogP contribution in [0.1, 0.15) is 106 Å². The Labute approximate surface area is 369 Å². The lowest BCUT2D eigenvalue weighted by atomic mass is 9.82. The van der Waals surface area contributed by atoms with E-state index < -0.39 is 58.3 Å². The first kappa shape index (κ1) is 50.9. The Morgan fingerprint density at radius 3 is 1.21 bits per heavy atom. The van der Waals surface area contributed by atoms with Crippen molar-refractivity contribution in [2.24, 2.45) is 5.73 Å². The van der Waals surface area contributed by atoms with Crippen molar-refractivity contribution in [1.29, 1.82) is 0 Å². The molecule has 0 aliphatic carbocycles. The summed E-state index contributed by atoms with van der Waals surface area (Å²) in [6, 6.07) is 19.7. The van der Waals surface area contributed by atoms with Gasteiger partial charge in [0.25, 0.3) is 0 Å². The normalized spacial score (nSPS) is 11.7. The second kappa shape index (κ2) is 22.6. The van der Waals surface area contributed by atoms with E-state index in [1.807, 2.05) is 0 Å². The summed E-state index contributed by atoms with van der Waals surface area (Å²) in [6.45, 7) is 15.3. The van der Waals surface area contributed by atoms with Gasteiger partial charge in [-0.25, -0.2) is 14.4 Å². The van der Waals surface area contributed by atoms with Gasteiger partial charge >= 0.3 is 18.3 Å². The number of benzene rings is 3. The standard InChI is InChI=1S/C46H63N7O10/c1-43(2,3)61-40(58)50-31-14-10-13-30(25-31)26-36(54)19-22-46(53-39(57)29-47,23-20-37(55)48-32-15-11-17-34(27-32)51-41(59)62-44(4,5)6)24-21-38(56)49-33-16-12-18-35(28-33)52-42(60)63-45(7,8)9/h10-18,25,27-28H,19-24,26,29,47H2,1-9H3,(H,48,55)(H,49,56)(H,50,58)(H,51,59)(H,52,60)(H,53,57). The Hall–Kier alpha value is -6.49. The van der Waals surface area contributed by atoms with Crippen LogP contribution in [0.5, 0.6) is 0 Å². The maximum Gasteiger partial charge on any atom is 0.412 e. The average molecular weight is 874 g/mol. The fraction of sp³-hybridized carbons (Fsp3) is 0.457. The molecule has 342 valence electrons. The van der Waals surface area contributed by atoms with Crippen LogP contribution in [0.2, 0.25) is 0 Å². The van der Waals surface area contributed by atoms with Gasteiger partial charge in [0.2, 0.25) is 17.7 Å². The molecule has 0 saturated carbocycles. The van der Waals surface area contributed by atoms with E-state index in [0.29, 0.717) is 34.0 Å². The third-order valence-electron chi connectivity index (χ3n) is 8.69. The summed E-state index contributed by atoms with van der Waals surface area (Å²) in [5.74, 6) is -1.62. The number of nitrogens with two attached hydrogens (primary N) is 1. The van der Waals surface area contributed by atoms with E-state index in [1.54, 1.807) is 135 Å². The van der Waals surface area contributed by atoms with Gasteiger partial charge in [-0.05, 0) is 136 Å². The van der Waals surface area contributed by atoms with Crippen molar-refractivity contribution in [3.05, 3.63) is 78.4 Å². The Morgan fingerprint density at radius 1 is 0.476 bits per heavy atom. The largest absolute Gasteiger partial charge is 0.444 e. The molecular weight excluding hydrogens is 811 g/mol. The fourth-order valence-corrected chi connectivity index (χ4v) is 6.13. The van der Waals surface area contributed by atoms with Crippen molar-refractivity contribution < 1.29 is 47.8 Å². The first-order chi connectivity index (χ1) is 29.3. The van der Waals surface area contributed by atoms with Crippen molar-refractivity contribution in [3.63, 3.8) is 0 Å². The van der Waals surface area contributed by atoms with Crippen LogP contribution in [0, 0.1) is 0 Å². The predicted octanol–water partition coefficient (Wildman–Crippen LogP) is 8.27. The molecule has 0 bridgehead atoms. The molecule has 3 aromatic rings. The Kier molecular flexibility index (Phi) is 18.2. The molecule has 17 heteroatoms. The number of carbonyl (C=O) groups is 7. The summed E-state index contributed by atoms with van der Waals surface area (Å²) in [5.41, 5.74) is 4.94. The highest BCUT2D eigenvalue weighted by atomic mass is 16.6. The van der Waals surface area contributed by atoms with Gasteiger partial charge in [-0.15, -0.1) is 0 Å².